The molecule has 0 radical (unpaired) electrons. The molecule has 1 atom stereocenters. The van der Waals surface area contributed by atoms with E-state index in [2.05, 4.69) is 17.6 Å². The molecule has 0 aliphatic carbocycles. The Hall–Kier alpha value is -1.81. The maximum atomic E-state index is 12.4. The van der Waals surface area contributed by atoms with Crippen LogP contribution < -0.4 is 10.6 Å². The second-order valence-electron chi connectivity index (χ2n) is 4.68. The molecule has 2 rings (SSSR count). The van der Waals surface area contributed by atoms with Gasteiger partial charge in [-0.3, -0.25) is 4.79 Å². The number of benzene rings is 1. The summed E-state index contributed by atoms with van der Waals surface area (Å²) in [5, 5.41) is 8.36. The van der Waals surface area contributed by atoms with Crippen molar-refractivity contribution in [3.05, 3.63) is 52.2 Å². The molecule has 20 heavy (non-hydrogen) atoms. The van der Waals surface area contributed by atoms with Crippen LogP contribution in [0, 0.1) is 0 Å². The summed E-state index contributed by atoms with van der Waals surface area (Å²) in [4.78, 5) is 13.6. The van der Waals surface area contributed by atoms with Gasteiger partial charge in [0.25, 0.3) is 5.91 Å². The summed E-state index contributed by atoms with van der Waals surface area (Å²) in [6.45, 7) is 4.98. The van der Waals surface area contributed by atoms with E-state index in [1.165, 1.54) is 0 Å². The molecule has 3 nitrogen and oxygen atoms in total. The number of carbonyl (C=O) groups excluding carboxylic acids is 1. The van der Waals surface area contributed by atoms with Crippen LogP contribution in [0.1, 0.15) is 41.5 Å². The van der Waals surface area contributed by atoms with Crippen molar-refractivity contribution < 1.29 is 4.79 Å². The molecular weight excluding hydrogens is 268 g/mol. The average Bonchev–Trinajstić information content (AvgIpc) is 2.99. The zero-order chi connectivity index (χ0) is 14.4. The smallest absolute Gasteiger partial charge is 0.253 e. The average molecular weight is 288 g/mol. The molecule has 0 spiro atoms. The zero-order valence-corrected chi connectivity index (χ0v) is 12.7. The first-order valence-corrected chi connectivity index (χ1v) is 7.77. The van der Waals surface area contributed by atoms with Crippen molar-refractivity contribution >= 4 is 22.9 Å². The van der Waals surface area contributed by atoms with Gasteiger partial charge in [0.05, 0.1) is 11.6 Å². The fourth-order valence-corrected chi connectivity index (χ4v) is 2.71. The van der Waals surface area contributed by atoms with Crippen LogP contribution in [-0.4, -0.2) is 12.5 Å². The van der Waals surface area contributed by atoms with Gasteiger partial charge in [0.2, 0.25) is 0 Å². The van der Waals surface area contributed by atoms with Crippen molar-refractivity contribution in [1.29, 1.82) is 0 Å². The SMILES string of the molecule is CCCNc1ccccc1C(=O)N[C@@H](C)c1cccs1. The van der Waals surface area contributed by atoms with Gasteiger partial charge in [-0.2, -0.15) is 0 Å². The number of carbonyl (C=O) groups is 1. The topological polar surface area (TPSA) is 41.1 Å². The molecule has 4 heteroatoms. The van der Waals surface area contributed by atoms with E-state index in [0.29, 0.717) is 5.56 Å². The zero-order valence-electron chi connectivity index (χ0n) is 11.8. The van der Waals surface area contributed by atoms with E-state index in [0.717, 1.165) is 23.5 Å². The minimum atomic E-state index is -0.0369. The van der Waals surface area contributed by atoms with Crippen LogP contribution >= 0.6 is 11.3 Å². The highest BCUT2D eigenvalue weighted by Crippen LogP contribution is 2.20. The maximum absolute atomic E-state index is 12.4. The number of nitrogens with one attached hydrogen (secondary N) is 2. The largest absolute Gasteiger partial charge is 0.384 e. The molecule has 0 saturated carbocycles. The predicted octanol–water partition coefficient (Wildman–Crippen LogP) is 4.06. The van der Waals surface area contributed by atoms with Gasteiger partial charge < -0.3 is 10.6 Å². The van der Waals surface area contributed by atoms with Crippen LogP contribution in [0.25, 0.3) is 0 Å². The van der Waals surface area contributed by atoms with Crippen molar-refractivity contribution in [1.82, 2.24) is 5.32 Å². The van der Waals surface area contributed by atoms with E-state index in [-0.39, 0.29) is 11.9 Å². The summed E-state index contributed by atoms with van der Waals surface area (Å²) in [6.07, 6.45) is 1.03. The lowest BCUT2D eigenvalue weighted by molar-refractivity contribution is 0.0941. The molecule has 1 heterocycles. The molecule has 106 valence electrons. The lowest BCUT2D eigenvalue weighted by Crippen LogP contribution is -2.27. The van der Waals surface area contributed by atoms with Gasteiger partial charge in [0.1, 0.15) is 0 Å². The lowest BCUT2D eigenvalue weighted by atomic mass is 10.1. The summed E-state index contributed by atoms with van der Waals surface area (Å²) in [5.41, 5.74) is 1.59. The Morgan fingerprint density at radius 3 is 2.75 bits per heavy atom. The van der Waals surface area contributed by atoms with Crippen molar-refractivity contribution in [3.8, 4) is 0 Å². The van der Waals surface area contributed by atoms with Gasteiger partial charge in [0, 0.05) is 17.1 Å². The Labute approximate surface area is 124 Å². The van der Waals surface area contributed by atoms with Crippen molar-refractivity contribution in [2.75, 3.05) is 11.9 Å². The van der Waals surface area contributed by atoms with Crippen LogP contribution in [0.2, 0.25) is 0 Å². The van der Waals surface area contributed by atoms with Crippen molar-refractivity contribution in [3.63, 3.8) is 0 Å². The number of hydrogen-bond acceptors (Lipinski definition) is 3. The number of anilines is 1. The molecule has 0 fully saturated rings. The Kier molecular flexibility index (Phi) is 5.18. The van der Waals surface area contributed by atoms with Gasteiger partial charge >= 0.3 is 0 Å². The van der Waals surface area contributed by atoms with Gasteiger partial charge in [-0.05, 0) is 36.9 Å². The van der Waals surface area contributed by atoms with Gasteiger partial charge in [-0.1, -0.05) is 25.1 Å². The number of para-hydroxylation sites is 1. The monoisotopic (exact) mass is 288 g/mol. The highest BCUT2D eigenvalue weighted by Gasteiger charge is 2.14. The Morgan fingerprint density at radius 1 is 1.25 bits per heavy atom. The van der Waals surface area contributed by atoms with Gasteiger partial charge in [0.15, 0.2) is 0 Å². The number of rotatable bonds is 6. The second-order valence-corrected chi connectivity index (χ2v) is 5.66. The Balaban J connectivity index is 2.09. The van der Waals surface area contributed by atoms with Crippen molar-refractivity contribution in [2.24, 2.45) is 0 Å². The lowest BCUT2D eigenvalue weighted by Gasteiger charge is -2.15. The van der Waals surface area contributed by atoms with E-state index in [1.54, 1.807) is 11.3 Å². The molecule has 2 N–H and O–H groups in total. The maximum Gasteiger partial charge on any atom is 0.253 e. The number of amides is 1. The molecule has 0 aliphatic rings. The summed E-state index contributed by atoms with van der Waals surface area (Å²) in [7, 11) is 0. The predicted molar refractivity (Wildman–Crippen MR) is 85.4 cm³/mol. The van der Waals surface area contributed by atoms with E-state index in [4.69, 9.17) is 0 Å². The normalized spacial score (nSPS) is 11.9. The quantitative estimate of drug-likeness (QED) is 0.841. The molecule has 0 aliphatic heterocycles. The van der Waals surface area contributed by atoms with E-state index in [1.807, 2.05) is 48.7 Å². The fourth-order valence-electron chi connectivity index (χ4n) is 1.98. The highest BCUT2D eigenvalue weighted by molar-refractivity contribution is 7.10. The Bertz CT molecular complexity index is 551. The van der Waals surface area contributed by atoms with Crippen LogP contribution in [0.5, 0.6) is 0 Å². The molecule has 0 bridgehead atoms. The summed E-state index contributed by atoms with van der Waals surface area (Å²) >= 11 is 1.66. The highest BCUT2D eigenvalue weighted by atomic mass is 32.1. The molecule has 1 amide bonds. The van der Waals surface area contributed by atoms with Crippen LogP contribution in [0.3, 0.4) is 0 Å². The fraction of sp³-hybridized carbons (Fsp3) is 0.312. The molecule has 2 aromatic rings. The second kappa shape index (κ2) is 7.10. The first-order valence-electron chi connectivity index (χ1n) is 6.89. The third kappa shape index (κ3) is 3.61. The third-order valence-corrected chi connectivity index (χ3v) is 4.11. The van der Waals surface area contributed by atoms with Gasteiger partial charge in [-0.25, -0.2) is 0 Å². The van der Waals surface area contributed by atoms with E-state index < -0.39 is 0 Å². The minimum Gasteiger partial charge on any atom is -0.384 e. The van der Waals surface area contributed by atoms with Crippen LogP contribution in [0.4, 0.5) is 5.69 Å². The van der Waals surface area contributed by atoms with Crippen molar-refractivity contribution in [2.45, 2.75) is 26.3 Å². The number of thiophene rings is 1. The van der Waals surface area contributed by atoms with E-state index >= 15 is 0 Å². The molecule has 1 aromatic heterocycles. The summed E-state index contributed by atoms with van der Waals surface area (Å²) in [6, 6.07) is 11.7. The van der Waals surface area contributed by atoms with Gasteiger partial charge in [-0.15, -0.1) is 11.3 Å². The first-order chi connectivity index (χ1) is 9.72. The molecule has 1 aromatic carbocycles. The van der Waals surface area contributed by atoms with E-state index in [9.17, 15) is 4.79 Å². The van der Waals surface area contributed by atoms with Crippen LogP contribution in [0.15, 0.2) is 41.8 Å². The Morgan fingerprint density at radius 2 is 2.05 bits per heavy atom. The number of hydrogen-bond donors (Lipinski definition) is 2. The third-order valence-electron chi connectivity index (χ3n) is 3.05. The molecular formula is C16H20N2OS. The standard InChI is InChI=1S/C16H20N2OS/c1-3-10-17-14-8-5-4-7-13(14)16(19)18-12(2)15-9-6-11-20-15/h4-9,11-12,17H,3,10H2,1-2H3,(H,18,19)/t12-/m0/s1. The minimum absolute atomic E-state index is 0.0294. The summed E-state index contributed by atoms with van der Waals surface area (Å²) < 4.78 is 0. The first kappa shape index (κ1) is 14.6. The summed E-state index contributed by atoms with van der Waals surface area (Å²) in [5.74, 6) is -0.0369. The molecule has 0 unspecified atom stereocenters. The van der Waals surface area contributed by atoms with Crippen LogP contribution in [-0.2, 0) is 0 Å². The molecule has 0 saturated heterocycles.